The molecule has 1 aromatic rings. The number of halogens is 3. The number of amides is 1. The number of alkyl halides is 3. The minimum absolute atomic E-state index is 0.00808. The number of rotatable bonds is 6. The van der Waals surface area contributed by atoms with Gasteiger partial charge in [-0.2, -0.15) is 13.2 Å². The first kappa shape index (κ1) is 15.1. The second-order valence-corrected chi connectivity index (χ2v) is 3.36. The highest BCUT2D eigenvalue weighted by molar-refractivity contribution is 5.92. The molecule has 0 radical (unpaired) electrons. The Morgan fingerprint density at radius 1 is 1.42 bits per heavy atom. The highest BCUT2D eigenvalue weighted by Gasteiger charge is 2.27. The zero-order valence-electron chi connectivity index (χ0n) is 9.70. The van der Waals surface area contributed by atoms with Crippen LogP contribution in [0.2, 0.25) is 0 Å². The SMILES string of the molecule is NNc1cncc(C(=O)NCCOCC(F)(F)F)n1. The number of hydrazine groups is 1. The Balaban J connectivity index is 2.31. The fourth-order valence-electron chi connectivity index (χ4n) is 1.06. The van der Waals surface area contributed by atoms with Gasteiger partial charge >= 0.3 is 6.18 Å². The number of hydrogen-bond acceptors (Lipinski definition) is 6. The number of carbonyl (C=O) groups excluding carboxylic acids is 1. The van der Waals surface area contributed by atoms with E-state index >= 15 is 0 Å². The van der Waals surface area contributed by atoms with E-state index in [1.807, 2.05) is 0 Å². The third-order valence-corrected chi connectivity index (χ3v) is 1.81. The van der Waals surface area contributed by atoms with Crippen molar-refractivity contribution in [3.05, 3.63) is 18.1 Å². The Hall–Kier alpha value is -1.94. The van der Waals surface area contributed by atoms with Crippen molar-refractivity contribution in [1.29, 1.82) is 0 Å². The number of hydrogen-bond donors (Lipinski definition) is 3. The fourth-order valence-corrected chi connectivity index (χ4v) is 1.06. The third-order valence-electron chi connectivity index (χ3n) is 1.81. The number of aromatic nitrogens is 2. The molecule has 4 N–H and O–H groups in total. The standard InChI is InChI=1S/C9H12F3N5O2/c10-9(11,12)5-19-2-1-15-8(18)6-3-14-4-7(16-6)17-13/h3-4H,1-2,5,13H2,(H,15,18)(H,16,17). The Labute approximate surface area is 106 Å². The van der Waals surface area contributed by atoms with Crippen molar-refractivity contribution in [2.24, 2.45) is 5.84 Å². The minimum atomic E-state index is -4.38. The number of carbonyl (C=O) groups is 1. The first-order valence-corrected chi connectivity index (χ1v) is 5.14. The Morgan fingerprint density at radius 2 is 2.16 bits per heavy atom. The van der Waals surface area contributed by atoms with Crippen LogP contribution in [0.3, 0.4) is 0 Å². The number of nitrogens with zero attached hydrogens (tertiary/aromatic N) is 2. The van der Waals surface area contributed by atoms with Gasteiger partial charge in [-0.1, -0.05) is 0 Å². The summed E-state index contributed by atoms with van der Waals surface area (Å²) >= 11 is 0. The van der Waals surface area contributed by atoms with E-state index in [0.29, 0.717) is 0 Å². The topological polar surface area (TPSA) is 102 Å². The van der Waals surface area contributed by atoms with E-state index in [1.54, 1.807) is 0 Å². The van der Waals surface area contributed by atoms with Gasteiger partial charge in [0.1, 0.15) is 12.3 Å². The Bertz CT molecular complexity index is 427. The van der Waals surface area contributed by atoms with Crippen LogP contribution in [0.5, 0.6) is 0 Å². The number of anilines is 1. The summed E-state index contributed by atoms with van der Waals surface area (Å²) in [6.45, 7) is -1.68. The lowest BCUT2D eigenvalue weighted by Crippen LogP contribution is -2.29. The first-order chi connectivity index (χ1) is 8.92. The van der Waals surface area contributed by atoms with E-state index in [2.05, 4.69) is 25.4 Å². The molecule has 1 rings (SSSR count). The van der Waals surface area contributed by atoms with E-state index in [-0.39, 0.29) is 24.7 Å². The minimum Gasteiger partial charge on any atom is -0.370 e. The molecule has 0 atom stereocenters. The highest BCUT2D eigenvalue weighted by atomic mass is 19.4. The van der Waals surface area contributed by atoms with Crippen LogP contribution in [-0.2, 0) is 4.74 Å². The third kappa shape index (κ3) is 5.97. The van der Waals surface area contributed by atoms with Crippen molar-refractivity contribution >= 4 is 11.7 Å². The summed E-state index contributed by atoms with van der Waals surface area (Å²) in [5.74, 6) is 4.70. The lowest BCUT2D eigenvalue weighted by atomic mass is 10.4. The number of ether oxygens (including phenoxy) is 1. The molecule has 1 aromatic heterocycles. The summed E-state index contributed by atoms with van der Waals surface area (Å²) in [6, 6.07) is 0. The molecular formula is C9H12F3N5O2. The maximum Gasteiger partial charge on any atom is 0.411 e. The van der Waals surface area contributed by atoms with Crippen molar-refractivity contribution in [2.75, 3.05) is 25.2 Å². The van der Waals surface area contributed by atoms with Gasteiger partial charge in [0.2, 0.25) is 0 Å². The van der Waals surface area contributed by atoms with Gasteiger partial charge in [0.15, 0.2) is 5.82 Å². The lowest BCUT2D eigenvalue weighted by molar-refractivity contribution is -0.173. The summed E-state index contributed by atoms with van der Waals surface area (Å²) in [6.07, 6.45) is -1.87. The summed E-state index contributed by atoms with van der Waals surface area (Å²) in [5.41, 5.74) is 2.20. The fraction of sp³-hybridized carbons (Fsp3) is 0.444. The molecular weight excluding hydrogens is 267 g/mol. The van der Waals surface area contributed by atoms with Crippen LogP contribution in [-0.4, -0.2) is 41.8 Å². The van der Waals surface area contributed by atoms with Crippen molar-refractivity contribution < 1.29 is 22.7 Å². The van der Waals surface area contributed by atoms with Crippen molar-refractivity contribution in [2.45, 2.75) is 6.18 Å². The normalized spacial score (nSPS) is 11.2. The van der Waals surface area contributed by atoms with Crippen LogP contribution < -0.4 is 16.6 Å². The average molecular weight is 279 g/mol. The van der Waals surface area contributed by atoms with Gasteiger partial charge in [-0.25, -0.2) is 10.8 Å². The van der Waals surface area contributed by atoms with Gasteiger partial charge in [0.05, 0.1) is 19.0 Å². The van der Waals surface area contributed by atoms with Gasteiger partial charge in [0.25, 0.3) is 5.91 Å². The van der Waals surface area contributed by atoms with Gasteiger partial charge in [-0.15, -0.1) is 0 Å². The second kappa shape index (κ2) is 6.85. The van der Waals surface area contributed by atoms with Gasteiger partial charge in [0, 0.05) is 6.54 Å². The maximum atomic E-state index is 11.7. The molecule has 106 valence electrons. The van der Waals surface area contributed by atoms with Crippen LogP contribution in [0, 0.1) is 0 Å². The molecule has 0 aromatic carbocycles. The van der Waals surface area contributed by atoms with E-state index in [0.717, 1.165) is 0 Å². The van der Waals surface area contributed by atoms with Crippen molar-refractivity contribution in [3.8, 4) is 0 Å². The molecule has 1 heterocycles. The van der Waals surface area contributed by atoms with E-state index in [4.69, 9.17) is 5.84 Å². The Kier molecular flexibility index (Phi) is 5.45. The van der Waals surface area contributed by atoms with Crippen LogP contribution in [0.15, 0.2) is 12.4 Å². The smallest absolute Gasteiger partial charge is 0.370 e. The predicted octanol–water partition coefficient (Wildman–Crippen LogP) is 0.0709. The van der Waals surface area contributed by atoms with Gasteiger partial charge in [-0.3, -0.25) is 9.78 Å². The predicted molar refractivity (Wildman–Crippen MR) is 59.0 cm³/mol. The van der Waals surface area contributed by atoms with Crippen LogP contribution in [0.1, 0.15) is 10.5 Å². The van der Waals surface area contributed by atoms with Gasteiger partial charge < -0.3 is 15.5 Å². The molecule has 0 aliphatic carbocycles. The molecule has 0 aliphatic rings. The van der Waals surface area contributed by atoms with E-state index in [1.165, 1.54) is 12.4 Å². The number of nitrogen functional groups attached to an aromatic ring is 1. The summed E-state index contributed by atoms with van der Waals surface area (Å²) in [4.78, 5) is 19.0. The quantitative estimate of drug-likeness (QED) is 0.387. The first-order valence-electron chi connectivity index (χ1n) is 5.14. The van der Waals surface area contributed by atoms with Gasteiger partial charge in [-0.05, 0) is 0 Å². The second-order valence-electron chi connectivity index (χ2n) is 3.36. The zero-order chi connectivity index (χ0) is 14.3. The average Bonchev–Trinajstić information content (AvgIpc) is 2.37. The summed E-state index contributed by atoms with van der Waals surface area (Å²) in [5, 5.41) is 2.33. The lowest BCUT2D eigenvalue weighted by Gasteiger charge is -2.08. The molecule has 0 spiro atoms. The highest BCUT2D eigenvalue weighted by Crippen LogP contribution is 2.13. The Morgan fingerprint density at radius 3 is 2.79 bits per heavy atom. The molecule has 19 heavy (non-hydrogen) atoms. The zero-order valence-corrected chi connectivity index (χ0v) is 9.70. The number of nitrogens with two attached hydrogens (primary N) is 1. The largest absolute Gasteiger partial charge is 0.411 e. The molecule has 7 nitrogen and oxygen atoms in total. The maximum absolute atomic E-state index is 11.7. The monoisotopic (exact) mass is 279 g/mol. The van der Waals surface area contributed by atoms with Crippen LogP contribution >= 0.6 is 0 Å². The van der Waals surface area contributed by atoms with E-state index in [9.17, 15) is 18.0 Å². The van der Waals surface area contributed by atoms with Crippen LogP contribution in [0.25, 0.3) is 0 Å². The molecule has 0 unspecified atom stereocenters. The number of nitrogens with one attached hydrogen (secondary N) is 2. The molecule has 1 amide bonds. The molecule has 0 aliphatic heterocycles. The van der Waals surface area contributed by atoms with E-state index < -0.39 is 18.7 Å². The molecule has 0 saturated carbocycles. The van der Waals surface area contributed by atoms with Crippen LogP contribution in [0.4, 0.5) is 19.0 Å². The molecule has 0 saturated heterocycles. The molecule has 0 bridgehead atoms. The summed E-state index contributed by atoms with van der Waals surface area (Å²) < 4.78 is 39.5. The molecule has 0 fully saturated rings. The summed E-state index contributed by atoms with van der Waals surface area (Å²) in [7, 11) is 0. The van der Waals surface area contributed by atoms with Crippen molar-refractivity contribution in [1.82, 2.24) is 15.3 Å². The van der Waals surface area contributed by atoms with Crippen molar-refractivity contribution in [3.63, 3.8) is 0 Å². The molecule has 10 heteroatoms.